The Hall–Kier alpha value is -2.04. The molecule has 106 valence electrons. The highest BCUT2D eigenvalue weighted by molar-refractivity contribution is 5.96. The van der Waals surface area contributed by atoms with Crippen molar-refractivity contribution in [1.82, 2.24) is 4.90 Å². The highest BCUT2D eigenvalue weighted by Gasteiger charge is 2.22. The van der Waals surface area contributed by atoms with Crippen molar-refractivity contribution >= 4 is 23.3 Å². The van der Waals surface area contributed by atoms with E-state index in [1.807, 2.05) is 29.2 Å². The van der Waals surface area contributed by atoms with E-state index in [-0.39, 0.29) is 11.9 Å². The first-order valence-electron chi connectivity index (χ1n) is 7.20. The van der Waals surface area contributed by atoms with E-state index in [1.165, 1.54) is 0 Å². The van der Waals surface area contributed by atoms with Crippen LogP contribution in [0.1, 0.15) is 25.7 Å². The predicted octanol–water partition coefficient (Wildman–Crippen LogP) is 2.44. The third-order valence-corrected chi connectivity index (χ3v) is 3.90. The minimum Gasteiger partial charge on any atom is -0.325 e. The second kappa shape index (κ2) is 5.53. The molecule has 5 nitrogen and oxygen atoms in total. The summed E-state index contributed by atoms with van der Waals surface area (Å²) in [4.78, 5) is 27.2. The Labute approximate surface area is 118 Å². The number of likely N-dealkylation sites (tertiary alicyclic amines) is 1. The summed E-state index contributed by atoms with van der Waals surface area (Å²) in [6.07, 6.45) is 3.73. The van der Waals surface area contributed by atoms with Crippen molar-refractivity contribution < 1.29 is 9.59 Å². The van der Waals surface area contributed by atoms with E-state index in [2.05, 4.69) is 5.32 Å². The summed E-state index contributed by atoms with van der Waals surface area (Å²) < 4.78 is 0. The van der Waals surface area contributed by atoms with E-state index in [9.17, 15) is 9.59 Å². The smallest absolute Gasteiger partial charge is 0.321 e. The molecule has 2 heterocycles. The van der Waals surface area contributed by atoms with Crippen LogP contribution in [0, 0.1) is 0 Å². The van der Waals surface area contributed by atoms with Crippen LogP contribution in [0.4, 0.5) is 16.2 Å². The summed E-state index contributed by atoms with van der Waals surface area (Å²) in [5, 5.41) is 2.90. The Bertz CT molecular complexity index is 506. The number of carbonyl (C=O) groups is 2. The van der Waals surface area contributed by atoms with Gasteiger partial charge in [-0.05, 0) is 43.5 Å². The molecule has 0 aromatic heterocycles. The number of benzene rings is 1. The highest BCUT2D eigenvalue weighted by Crippen LogP contribution is 2.23. The van der Waals surface area contributed by atoms with Crippen molar-refractivity contribution in [2.24, 2.45) is 0 Å². The lowest BCUT2D eigenvalue weighted by Crippen LogP contribution is -2.32. The van der Waals surface area contributed by atoms with Gasteiger partial charge in [-0.15, -0.1) is 0 Å². The Morgan fingerprint density at radius 1 is 1.00 bits per heavy atom. The number of amides is 3. The molecule has 0 atom stereocenters. The summed E-state index contributed by atoms with van der Waals surface area (Å²) >= 11 is 0. The number of hydrogen-bond donors (Lipinski definition) is 1. The van der Waals surface area contributed by atoms with Crippen LogP contribution >= 0.6 is 0 Å². The fourth-order valence-corrected chi connectivity index (χ4v) is 2.77. The molecule has 3 amide bonds. The normalized spacial score (nSPS) is 18.7. The van der Waals surface area contributed by atoms with Gasteiger partial charge in [0.25, 0.3) is 0 Å². The van der Waals surface area contributed by atoms with Crippen molar-refractivity contribution in [3.05, 3.63) is 24.3 Å². The standard InChI is InChI=1S/C15H19N3O2/c19-14-4-3-11-18(14)13-7-5-12(6-8-13)16-15(20)17-9-1-2-10-17/h5-8H,1-4,9-11H2,(H,16,20). The first-order valence-corrected chi connectivity index (χ1v) is 7.20. The zero-order chi connectivity index (χ0) is 13.9. The van der Waals surface area contributed by atoms with E-state index >= 15 is 0 Å². The van der Waals surface area contributed by atoms with Crippen LogP contribution in [0.15, 0.2) is 24.3 Å². The third-order valence-electron chi connectivity index (χ3n) is 3.90. The lowest BCUT2D eigenvalue weighted by molar-refractivity contribution is -0.117. The van der Waals surface area contributed by atoms with Gasteiger partial charge in [0.05, 0.1) is 0 Å². The van der Waals surface area contributed by atoms with E-state index in [1.54, 1.807) is 4.90 Å². The second-order valence-corrected chi connectivity index (χ2v) is 5.32. The molecule has 2 fully saturated rings. The van der Waals surface area contributed by atoms with Crippen molar-refractivity contribution in [3.8, 4) is 0 Å². The Morgan fingerprint density at radius 2 is 1.70 bits per heavy atom. The molecule has 5 heteroatoms. The average Bonchev–Trinajstić information content (AvgIpc) is 3.11. The molecule has 0 bridgehead atoms. The average molecular weight is 273 g/mol. The van der Waals surface area contributed by atoms with Gasteiger partial charge in [0.15, 0.2) is 0 Å². The Balaban J connectivity index is 1.63. The number of rotatable bonds is 2. The molecule has 0 unspecified atom stereocenters. The molecular weight excluding hydrogens is 254 g/mol. The summed E-state index contributed by atoms with van der Waals surface area (Å²) in [6, 6.07) is 7.46. The third kappa shape index (κ3) is 2.61. The van der Waals surface area contributed by atoms with Crippen molar-refractivity contribution in [1.29, 1.82) is 0 Å². The second-order valence-electron chi connectivity index (χ2n) is 5.32. The zero-order valence-corrected chi connectivity index (χ0v) is 11.5. The summed E-state index contributed by atoms with van der Waals surface area (Å²) in [5.74, 6) is 0.179. The fourth-order valence-electron chi connectivity index (χ4n) is 2.77. The first-order chi connectivity index (χ1) is 9.74. The molecule has 1 aromatic rings. The number of nitrogens with one attached hydrogen (secondary N) is 1. The number of carbonyl (C=O) groups excluding carboxylic acids is 2. The lowest BCUT2D eigenvalue weighted by atomic mass is 10.2. The van der Waals surface area contributed by atoms with E-state index in [0.717, 1.165) is 50.3 Å². The van der Waals surface area contributed by atoms with Gasteiger partial charge in [-0.2, -0.15) is 0 Å². The van der Waals surface area contributed by atoms with Crippen molar-refractivity contribution in [2.45, 2.75) is 25.7 Å². The van der Waals surface area contributed by atoms with Crippen LogP contribution in [0.25, 0.3) is 0 Å². The lowest BCUT2D eigenvalue weighted by Gasteiger charge is -2.18. The highest BCUT2D eigenvalue weighted by atomic mass is 16.2. The van der Waals surface area contributed by atoms with Crippen LogP contribution in [-0.2, 0) is 4.79 Å². The number of urea groups is 1. The van der Waals surface area contributed by atoms with Gasteiger partial charge in [0.2, 0.25) is 5.91 Å². The van der Waals surface area contributed by atoms with Crippen LogP contribution in [-0.4, -0.2) is 36.5 Å². The molecule has 20 heavy (non-hydrogen) atoms. The number of hydrogen-bond acceptors (Lipinski definition) is 2. The molecule has 2 aliphatic heterocycles. The Kier molecular flexibility index (Phi) is 3.58. The van der Waals surface area contributed by atoms with Crippen molar-refractivity contribution in [3.63, 3.8) is 0 Å². The van der Waals surface area contributed by atoms with E-state index in [4.69, 9.17) is 0 Å². The number of nitrogens with zero attached hydrogens (tertiary/aromatic N) is 2. The van der Waals surface area contributed by atoms with Crippen LogP contribution in [0.2, 0.25) is 0 Å². The molecule has 2 aliphatic rings. The van der Waals surface area contributed by atoms with Crippen LogP contribution in [0.5, 0.6) is 0 Å². The fraction of sp³-hybridized carbons (Fsp3) is 0.467. The van der Waals surface area contributed by atoms with Crippen LogP contribution < -0.4 is 10.2 Å². The maximum absolute atomic E-state index is 12.0. The van der Waals surface area contributed by atoms with Crippen LogP contribution in [0.3, 0.4) is 0 Å². The monoisotopic (exact) mass is 273 g/mol. The summed E-state index contributed by atoms with van der Waals surface area (Å²) in [7, 11) is 0. The van der Waals surface area contributed by atoms with Gasteiger partial charge in [0, 0.05) is 37.4 Å². The largest absolute Gasteiger partial charge is 0.325 e. The van der Waals surface area contributed by atoms with E-state index in [0.29, 0.717) is 6.42 Å². The van der Waals surface area contributed by atoms with Gasteiger partial charge in [-0.25, -0.2) is 4.79 Å². The topological polar surface area (TPSA) is 52.7 Å². The molecule has 0 aliphatic carbocycles. The molecule has 1 aromatic carbocycles. The molecule has 0 radical (unpaired) electrons. The van der Waals surface area contributed by atoms with Crippen molar-refractivity contribution in [2.75, 3.05) is 29.9 Å². The summed E-state index contributed by atoms with van der Waals surface area (Å²) in [5.41, 5.74) is 1.68. The minimum absolute atomic E-state index is 0.0347. The van der Waals surface area contributed by atoms with Gasteiger partial charge in [0.1, 0.15) is 0 Å². The SMILES string of the molecule is O=C(Nc1ccc(N2CCCC2=O)cc1)N1CCCC1. The molecule has 0 spiro atoms. The quantitative estimate of drug-likeness (QED) is 0.899. The van der Waals surface area contributed by atoms with Gasteiger partial charge >= 0.3 is 6.03 Å². The first kappa shape index (κ1) is 13.0. The predicted molar refractivity (Wildman–Crippen MR) is 77.9 cm³/mol. The molecule has 1 N–H and O–H groups in total. The molecule has 0 saturated carbocycles. The summed E-state index contributed by atoms with van der Waals surface area (Å²) in [6.45, 7) is 2.47. The maximum Gasteiger partial charge on any atom is 0.321 e. The van der Waals surface area contributed by atoms with Gasteiger partial charge in [-0.3, -0.25) is 4.79 Å². The maximum atomic E-state index is 12.0. The molecule has 2 saturated heterocycles. The molecular formula is C15H19N3O2. The zero-order valence-electron chi connectivity index (χ0n) is 11.5. The Morgan fingerprint density at radius 3 is 2.30 bits per heavy atom. The number of anilines is 2. The van der Waals surface area contributed by atoms with E-state index < -0.39 is 0 Å². The molecule has 3 rings (SSSR count). The minimum atomic E-state index is -0.0347. The van der Waals surface area contributed by atoms with Gasteiger partial charge < -0.3 is 15.1 Å². The van der Waals surface area contributed by atoms with Gasteiger partial charge in [-0.1, -0.05) is 0 Å².